The Balaban J connectivity index is 2.78. The maximum atomic E-state index is 12.8. The van der Waals surface area contributed by atoms with Gasteiger partial charge in [0.15, 0.2) is 0 Å². The number of aliphatic hydroxyl groups excluding tert-OH is 1. The average molecular weight is 303 g/mol. The Hall–Kier alpha value is -1.56. The first-order chi connectivity index (χ1) is 9.81. The van der Waals surface area contributed by atoms with E-state index >= 15 is 0 Å². The van der Waals surface area contributed by atoms with E-state index in [9.17, 15) is 23.1 Å². The fourth-order valence-corrected chi connectivity index (χ4v) is 2.22. The quantitative estimate of drug-likeness (QED) is 0.847. The minimum absolute atomic E-state index is 0.0168. The van der Waals surface area contributed by atoms with Gasteiger partial charge in [0.1, 0.15) is 0 Å². The maximum absolute atomic E-state index is 12.8. The van der Waals surface area contributed by atoms with E-state index in [1.807, 2.05) is 13.8 Å². The summed E-state index contributed by atoms with van der Waals surface area (Å²) in [4.78, 5) is 11.9. The van der Waals surface area contributed by atoms with Crippen molar-refractivity contribution in [3.63, 3.8) is 0 Å². The number of carbonyl (C=O) groups is 1. The van der Waals surface area contributed by atoms with Crippen LogP contribution < -0.4 is 5.32 Å². The molecule has 0 heterocycles. The number of halogens is 3. The zero-order valence-corrected chi connectivity index (χ0v) is 12.1. The van der Waals surface area contributed by atoms with Gasteiger partial charge in [0.25, 0.3) is 5.91 Å². The molecular formula is C15H20F3NO2. The highest BCUT2D eigenvalue weighted by Gasteiger charge is 2.34. The van der Waals surface area contributed by atoms with Crippen molar-refractivity contribution in [3.8, 4) is 0 Å². The summed E-state index contributed by atoms with van der Waals surface area (Å²) in [7, 11) is 0. The number of rotatable bonds is 6. The number of alkyl halides is 3. The van der Waals surface area contributed by atoms with Crippen LogP contribution in [0.1, 0.15) is 42.6 Å². The van der Waals surface area contributed by atoms with Gasteiger partial charge in [-0.2, -0.15) is 13.2 Å². The Morgan fingerprint density at radius 2 is 1.81 bits per heavy atom. The number of hydrogen-bond donors (Lipinski definition) is 2. The van der Waals surface area contributed by atoms with E-state index in [0.29, 0.717) is 0 Å². The van der Waals surface area contributed by atoms with Crippen molar-refractivity contribution < 1.29 is 23.1 Å². The molecular weight excluding hydrogens is 283 g/mol. The van der Waals surface area contributed by atoms with Gasteiger partial charge in [-0.25, -0.2) is 0 Å². The highest BCUT2D eigenvalue weighted by Crippen LogP contribution is 2.31. The Kier molecular flexibility index (Phi) is 6.20. The summed E-state index contributed by atoms with van der Waals surface area (Å²) >= 11 is 0. The molecule has 3 nitrogen and oxygen atoms in total. The number of nitrogens with one attached hydrogen (secondary N) is 1. The van der Waals surface area contributed by atoms with Gasteiger partial charge in [-0.05, 0) is 18.1 Å². The summed E-state index contributed by atoms with van der Waals surface area (Å²) < 4.78 is 38.4. The van der Waals surface area contributed by atoms with Crippen molar-refractivity contribution in [1.29, 1.82) is 0 Å². The van der Waals surface area contributed by atoms with Crippen LogP contribution in [-0.4, -0.2) is 23.7 Å². The molecule has 0 spiro atoms. The number of carbonyl (C=O) groups excluding carboxylic acids is 1. The van der Waals surface area contributed by atoms with Gasteiger partial charge < -0.3 is 10.4 Å². The summed E-state index contributed by atoms with van der Waals surface area (Å²) in [6, 6.07) is 4.61. The van der Waals surface area contributed by atoms with Crippen LogP contribution in [0.3, 0.4) is 0 Å². The van der Waals surface area contributed by atoms with E-state index in [1.165, 1.54) is 12.1 Å². The highest BCUT2D eigenvalue weighted by atomic mass is 19.4. The lowest BCUT2D eigenvalue weighted by Gasteiger charge is -2.20. The molecule has 2 N–H and O–H groups in total. The van der Waals surface area contributed by atoms with E-state index in [0.717, 1.165) is 25.0 Å². The summed E-state index contributed by atoms with van der Waals surface area (Å²) in [5, 5.41) is 12.3. The third-order valence-electron chi connectivity index (χ3n) is 3.54. The molecule has 0 bridgehead atoms. The lowest BCUT2D eigenvalue weighted by Crippen LogP contribution is -2.36. The number of aliphatic hydroxyl groups is 1. The SMILES string of the molecule is CCC(CC)C(O)CNC(=O)c1ccccc1C(F)(F)F. The topological polar surface area (TPSA) is 49.3 Å². The Morgan fingerprint density at radius 3 is 2.33 bits per heavy atom. The van der Waals surface area contributed by atoms with Crippen molar-refractivity contribution in [2.24, 2.45) is 5.92 Å². The standard InChI is InChI=1S/C15H20F3NO2/c1-3-10(4-2)13(20)9-19-14(21)11-7-5-6-8-12(11)15(16,17)18/h5-8,10,13,20H,3-4,9H2,1-2H3,(H,19,21). The van der Waals surface area contributed by atoms with E-state index in [4.69, 9.17) is 0 Å². The molecule has 1 aromatic carbocycles. The predicted octanol–water partition coefficient (Wildman–Crippen LogP) is 3.23. The van der Waals surface area contributed by atoms with Crippen molar-refractivity contribution >= 4 is 5.91 Å². The lowest BCUT2D eigenvalue weighted by atomic mass is 9.96. The summed E-state index contributed by atoms with van der Waals surface area (Å²) in [6.45, 7) is 3.77. The second kappa shape index (κ2) is 7.45. The van der Waals surface area contributed by atoms with Gasteiger partial charge >= 0.3 is 6.18 Å². The molecule has 0 fully saturated rings. The van der Waals surface area contributed by atoms with Crippen LogP contribution in [0.4, 0.5) is 13.2 Å². The number of amides is 1. The molecule has 118 valence electrons. The summed E-state index contributed by atoms with van der Waals surface area (Å²) in [6.07, 6.45) is -3.86. The minimum Gasteiger partial charge on any atom is -0.391 e. The molecule has 0 aliphatic carbocycles. The minimum atomic E-state index is -4.58. The average Bonchev–Trinajstić information content (AvgIpc) is 2.45. The molecule has 1 unspecified atom stereocenters. The molecule has 0 saturated heterocycles. The number of benzene rings is 1. The first kappa shape index (κ1) is 17.5. The highest BCUT2D eigenvalue weighted by molar-refractivity contribution is 5.95. The lowest BCUT2D eigenvalue weighted by molar-refractivity contribution is -0.137. The van der Waals surface area contributed by atoms with Crippen LogP contribution in [0.2, 0.25) is 0 Å². The fourth-order valence-electron chi connectivity index (χ4n) is 2.22. The molecule has 1 amide bonds. The van der Waals surface area contributed by atoms with Crippen LogP contribution in [0.25, 0.3) is 0 Å². The largest absolute Gasteiger partial charge is 0.417 e. The fraction of sp³-hybridized carbons (Fsp3) is 0.533. The monoisotopic (exact) mass is 303 g/mol. The Bertz CT molecular complexity index is 470. The zero-order chi connectivity index (χ0) is 16.0. The van der Waals surface area contributed by atoms with E-state index in [-0.39, 0.29) is 12.5 Å². The van der Waals surface area contributed by atoms with Crippen LogP contribution >= 0.6 is 0 Å². The van der Waals surface area contributed by atoms with Gasteiger partial charge in [0.2, 0.25) is 0 Å². The molecule has 0 aromatic heterocycles. The molecule has 0 aliphatic heterocycles. The smallest absolute Gasteiger partial charge is 0.391 e. The van der Waals surface area contributed by atoms with Gasteiger partial charge in [-0.3, -0.25) is 4.79 Å². The molecule has 6 heteroatoms. The third kappa shape index (κ3) is 4.74. The molecule has 1 aromatic rings. The van der Waals surface area contributed by atoms with Gasteiger partial charge in [-0.1, -0.05) is 38.8 Å². The first-order valence-electron chi connectivity index (χ1n) is 6.93. The first-order valence-corrected chi connectivity index (χ1v) is 6.93. The molecule has 0 radical (unpaired) electrons. The molecule has 0 aliphatic rings. The molecule has 1 rings (SSSR count). The van der Waals surface area contributed by atoms with E-state index in [2.05, 4.69) is 5.32 Å². The zero-order valence-electron chi connectivity index (χ0n) is 12.1. The van der Waals surface area contributed by atoms with Crippen LogP contribution in [0.15, 0.2) is 24.3 Å². The van der Waals surface area contributed by atoms with E-state index in [1.54, 1.807) is 0 Å². The van der Waals surface area contributed by atoms with Crippen LogP contribution in [-0.2, 0) is 6.18 Å². The van der Waals surface area contributed by atoms with E-state index < -0.39 is 29.3 Å². The van der Waals surface area contributed by atoms with Gasteiger partial charge in [-0.15, -0.1) is 0 Å². The summed E-state index contributed by atoms with van der Waals surface area (Å²) in [5.41, 5.74) is -1.40. The normalized spacial score (nSPS) is 13.3. The third-order valence-corrected chi connectivity index (χ3v) is 3.54. The van der Waals surface area contributed by atoms with Crippen molar-refractivity contribution in [3.05, 3.63) is 35.4 Å². The predicted molar refractivity (Wildman–Crippen MR) is 73.9 cm³/mol. The van der Waals surface area contributed by atoms with Crippen LogP contribution in [0, 0.1) is 5.92 Å². The second-order valence-corrected chi connectivity index (χ2v) is 4.90. The number of hydrogen-bond acceptors (Lipinski definition) is 2. The van der Waals surface area contributed by atoms with Gasteiger partial charge in [0, 0.05) is 6.54 Å². The Morgan fingerprint density at radius 1 is 1.24 bits per heavy atom. The maximum Gasteiger partial charge on any atom is 0.417 e. The molecule has 1 atom stereocenters. The summed E-state index contributed by atoms with van der Waals surface area (Å²) in [5.74, 6) is -0.809. The molecule has 21 heavy (non-hydrogen) atoms. The van der Waals surface area contributed by atoms with Crippen molar-refractivity contribution in [2.75, 3.05) is 6.54 Å². The molecule has 0 saturated carbocycles. The van der Waals surface area contributed by atoms with Crippen LogP contribution in [0.5, 0.6) is 0 Å². The second-order valence-electron chi connectivity index (χ2n) is 4.90. The van der Waals surface area contributed by atoms with Crippen molar-refractivity contribution in [2.45, 2.75) is 39.0 Å². The Labute approximate surface area is 122 Å². The van der Waals surface area contributed by atoms with Gasteiger partial charge in [0.05, 0.1) is 17.2 Å². The van der Waals surface area contributed by atoms with Crippen molar-refractivity contribution in [1.82, 2.24) is 5.32 Å².